The van der Waals surface area contributed by atoms with E-state index in [1.54, 1.807) is 6.21 Å². The molecule has 0 saturated heterocycles. The highest BCUT2D eigenvalue weighted by molar-refractivity contribution is 7.99. The largest absolute Gasteiger partial charge is 0.489 e. The molecule has 0 atom stereocenters. The molecular formula is C27H27N5O2S. The van der Waals surface area contributed by atoms with Gasteiger partial charge in [-0.3, -0.25) is 4.79 Å². The predicted molar refractivity (Wildman–Crippen MR) is 140 cm³/mol. The molecule has 0 aliphatic carbocycles. The quantitative estimate of drug-likeness (QED) is 0.192. The third-order valence-electron chi connectivity index (χ3n) is 5.18. The highest BCUT2D eigenvalue weighted by Gasteiger charge is 2.14. The fourth-order valence-corrected chi connectivity index (χ4v) is 4.16. The molecule has 0 fully saturated rings. The molecule has 35 heavy (non-hydrogen) atoms. The monoisotopic (exact) mass is 485 g/mol. The zero-order chi connectivity index (χ0) is 24.5. The fourth-order valence-electron chi connectivity index (χ4n) is 3.36. The van der Waals surface area contributed by atoms with Gasteiger partial charge in [-0.1, -0.05) is 84.1 Å². The van der Waals surface area contributed by atoms with E-state index in [4.69, 9.17) is 4.74 Å². The molecule has 0 bridgehead atoms. The van der Waals surface area contributed by atoms with Gasteiger partial charge in [0, 0.05) is 12.1 Å². The van der Waals surface area contributed by atoms with Crippen LogP contribution in [0.3, 0.4) is 0 Å². The van der Waals surface area contributed by atoms with Crippen LogP contribution in [0.15, 0.2) is 89.1 Å². The van der Waals surface area contributed by atoms with Gasteiger partial charge in [-0.25, -0.2) is 5.43 Å². The Bertz CT molecular complexity index is 1290. The summed E-state index contributed by atoms with van der Waals surface area (Å²) in [6.07, 6.45) is 1.60. The van der Waals surface area contributed by atoms with E-state index in [1.165, 1.54) is 17.3 Å². The maximum Gasteiger partial charge on any atom is 0.250 e. The number of hydrogen-bond acceptors (Lipinski definition) is 6. The Labute approximate surface area is 209 Å². The molecule has 178 valence electrons. The number of hydrazone groups is 1. The lowest BCUT2D eigenvalue weighted by molar-refractivity contribution is -0.118. The molecule has 1 aromatic heterocycles. The van der Waals surface area contributed by atoms with Crippen molar-refractivity contribution in [3.8, 4) is 17.1 Å². The average Bonchev–Trinajstić information content (AvgIpc) is 3.30. The van der Waals surface area contributed by atoms with Gasteiger partial charge in [-0.2, -0.15) is 5.10 Å². The van der Waals surface area contributed by atoms with Crippen molar-refractivity contribution in [3.05, 3.63) is 95.6 Å². The average molecular weight is 486 g/mol. The number of aromatic nitrogens is 3. The second kappa shape index (κ2) is 12.0. The van der Waals surface area contributed by atoms with Gasteiger partial charge in [0.2, 0.25) is 0 Å². The van der Waals surface area contributed by atoms with Crippen molar-refractivity contribution in [2.45, 2.75) is 32.2 Å². The van der Waals surface area contributed by atoms with Gasteiger partial charge >= 0.3 is 0 Å². The molecule has 4 aromatic rings. The molecule has 8 heteroatoms. The molecule has 7 nitrogen and oxygen atoms in total. The first-order valence-corrected chi connectivity index (χ1v) is 12.3. The van der Waals surface area contributed by atoms with E-state index in [0.717, 1.165) is 28.3 Å². The Morgan fingerprint density at radius 1 is 1.06 bits per heavy atom. The van der Waals surface area contributed by atoms with Crippen LogP contribution in [0.5, 0.6) is 5.75 Å². The standard InChI is InChI=1S/C27H27N5O2S/c1-3-32-26(23-14-12-20(2)13-15-23)30-31-27(32)35-19-25(33)29-28-17-22-10-7-11-24(16-22)34-18-21-8-5-4-6-9-21/h4-17H,3,18-19H2,1-2H3,(H,29,33)/b28-17-. The summed E-state index contributed by atoms with van der Waals surface area (Å²) in [7, 11) is 0. The van der Waals surface area contributed by atoms with Crippen LogP contribution in [-0.4, -0.2) is 32.6 Å². The zero-order valence-electron chi connectivity index (χ0n) is 19.7. The molecular weight excluding hydrogens is 458 g/mol. The highest BCUT2D eigenvalue weighted by Crippen LogP contribution is 2.24. The van der Waals surface area contributed by atoms with Gasteiger partial charge in [0.15, 0.2) is 11.0 Å². The molecule has 0 aliphatic heterocycles. The van der Waals surface area contributed by atoms with E-state index in [2.05, 4.69) is 20.7 Å². The third kappa shape index (κ3) is 6.80. The lowest BCUT2D eigenvalue weighted by Gasteiger charge is -2.07. The summed E-state index contributed by atoms with van der Waals surface area (Å²) in [5, 5.41) is 13.4. The van der Waals surface area contributed by atoms with Crippen LogP contribution in [0.25, 0.3) is 11.4 Å². The molecule has 1 amide bonds. The Kier molecular flexibility index (Phi) is 8.30. The smallest absolute Gasteiger partial charge is 0.250 e. The minimum atomic E-state index is -0.217. The first kappa shape index (κ1) is 24.2. The summed E-state index contributed by atoms with van der Waals surface area (Å²) in [6.45, 7) is 5.28. The third-order valence-corrected chi connectivity index (χ3v) is 6.15. The van der Waals surface area contributed by atoms with Gasteiger partial charge < -0.3 is 9.30 Å². The molecule has 0 radical (unpaired) electrons. The molecule has 3 aromatic carbocycles. The van der Waals surface area contributed by atoms with E-state index in [9.17, 15) is 4.79 Å². The normalized spacial score (nSPS) is 11.0. The van der Waals surface area contributed by atoms with Crippen LogP contribution < -0.4 is 10.2 Å². The maximum atomic E-state index is 12.3. The van der Waals surface area contributed by atoms with Gasteiger partial charge in [-0.15, -0.1) is 10.2 Å². The molecule has 1 N–H and O–H groups in total. The SMILES string of the molecule is CCn1c(SCC(=O)N/N=C\c2cccc(OCc3ccccc3)c2)nnc1-c1ccc(C)cc1. The highest BCUT2D eigenvalue weighted by atomic mass is 32.2. The Morgan fingerprint density at radius 2 is 1.86 bits per heavy atom. The second-order valence-corrected chi connectivity index (χ2v) is 8.79. The molecule has 0 saturated carbocycles. The molecule has 1 heterocycles. The van der Waals surface area contributed by atoms with Crippen LogP contribution in [-0.2, 0) is 17.9 Å². The van der Waals surface area contributed by atoms with Crippen LogP contribution in [0.4, 0.5) is 0 Å². The number of ether oxygens (including phenoxy) is 1. The number of carbonyl (C=O) groups excluding carboxylic acids is 1. The summed E-state index contributed by atoms with van der Waals surface area (Å²) in [4.78, 5) is 12.3. The van der Waals surface area contributed by atoms with Crippen molar-refractivity contribution in [2.24, 2.45) is 5.10 Å². The summed E-state index contributed by atoms with van der Waals surface area (Å²) in [5.41, 5.74) is 6.69. The minimum absolute atomic E-state index is 0.184. The van der Waals surface area contributed by atoms with Gasteiger partial charge in [0.05, 0.1) is 12.0 Å². The van der Waals surface area contributed by atoms with Crippen LogP contribution in [0.1, 0.15) is 23.6 Å². The first-order valence-electron chi connectivity index (χ1n) is 11.3. The number of hydrogen-bond donors (Lipinski definition) is 1. The number of amides is 1. The van der Waals surface area contributed by atoms with E-state index in [-0.39, 0.29) is 11.7 Å². The van der Waals surface area contributed by atoms with Crippen LogP contribution in [0.2, 0.25) is 0 Å². The van der Waals surface area contributed by atoms with Crippen molar-refractivity contribution in [1.82, 2.24) is 20.2 Å². The first-order chi connectivity index (χ1) is 17.1. The number of carbonyl (C=O) groups is 1. The predicted octanol–water partition coefficient (Wildman–Crippen LogP) is 5.09. The number of thioether (sulfide) groups is 1. The van der Waals surface area contributed by atoms with Crippen molar-refractivity contribution in [3.63, 3.8) is 0 Å². The topological polar surface area (TPSA) is 81.4 Å². The van der Waals surface area contributed by atoms with E-state index in [1.807, 2.05) is 97.3 Å². The Balaban J connectivity index is 1.29. The van der Waals surface area contributed by atoms with Gasteiger partial charge in [-0.05, 0) is 37.1 Å². The fraction of sp³-hybridized carbons (Fsp3) is 0.185. The number of nitrogens with one attached hydrogen (secondary N) is 1. The maximum absolute atomic E-state index is 12.3. The lowest BCUT2D eigenvalue weighted by Crippen LogP contribution is -2.20. The van der Waals surface area contributed by atoms with E-state index in [0.29, 0.717) is 18.3 Å². The van der Waals surface area contributed by atoms with Crippen molar-refractivity contribution < 1.29 is 9.53 Å². The second-order valence-electron chi connectivity index (χ2n) is 7.85. The number of rotatable bonds is 10. The van der Waals surface area contributed by atoms with E-state index >= 15 is 0 Å². The van der Waals surface area contributed by atoms with Crippen LogP contribution >= 0.6 is 11.8 Å². The van der Waals surface area contributed by atoms with Gasteiger partial charge in [0.1, 0.15) is 12.4 Å². The van der Waals surface area contributed by atoms with Crippen molar-refractivity contribution in [1.29, 1.82) is 0 Å². The molecule has 0 aliphatic rings. The van der Waals surface area contributed by atoms with Crippen molar-refractivity contribution in [2.75, 3.05) is 5.75 Å². The zero-order valence-corrected chi connectivity index (χ0v) is 20.5. The Morgan fingerprint density at radius 3 is 2.63 bits per heavy atom. The Hall–Kier alpha value is -3.91. The number of aryl methyl sites for hydroxylation is 1. The van der Waals surface area contributed by atoms with Gasteiger partial charge in [0.25, 0.3) is 5.91 Å². The van der Waals surface area contributed by atoms with Crippen molar-refractivity contribution >= 4 is 23.9 Å². The summed E-state index contributed by atoms with van der Waals surface area (Å²) >= 11 is 1.34. The number of benzene rings is 3. The molecule has 0 unspecified atom stereocenters. The summed E-state index contributed by atoms with van der Waals surface area (Å²) in [5.74, 6) is 1.50. The number of nitrogens with zero attached hydrogens (tertiary/aromatic N) is 4. The lowest BCUT2D eigenvalue weighted by atomic mass is 10.1. The molecule has 4 rings (SSSR count). The molecule has 0 spiro atoms. The van der Waals surface area contributed by atoms with Crippen LogP contribution in [0, 0.1) is 6.92 Å². The summed E-state index contributed by atoms with van der Waals surface area (Å²) in [6, 6.07) is 25.7. The minimum Gasteiger partial charge on any atom is -0.489 e. The summed E-state index contributed by atoms with van der Waals surface area (Å²) < 4.78 is 7.85. The van der Waals surface area contributed by atoms with E-state index < -0.39 is 0 Å².